The number of halogens is 2. The van der Waals surface area contributed by atoms with E-state index in [4.69, 9.17) is 0 Å². The first-order valence-electron chi connectivity index (χ1n) is 5.13. The van der Waals surface area contributed by atoms with Crippen molar-refractivity contribution < 1.29 is 8.78 Å². The second-order valence-corrected chi connectivity index (χ2v) is 4.36. The number of alkyl halides is 2. The highest BCUT2D eigenvalue weighted by molar-refractivity contribution is 4.87. The minimum Gasteiger partial charge on any atom is -0.308 e. The highest BCUT2D eigenvalue weighted by Gasteiger charge is 2.40. The number of hydrogen-bond donors (Lipinski definition) is 1. The summed E-state index contributed by atoms with van der Waals surface area (Å²) in [5.41, 5.74) is 0. The van der Waals surface area contributed by atoms with Gasteiger partial charge in [-0.05, 0) is 25.3 Å². The molecule has 13 heavy (non-hydrogen) atoms. The van der Waals surface area contributed by atoms with Gasteiger partial charge in [0.2, 0.25) is 0 Å². The lowest BCUT2D eigenvalue weighted by atomic mass is 9.91. The Kier molecular flexibility index (Phi) is 3.65. The monoisotopic (exact) mass is 191 g/mol. The molecule has 1 unspecified atom stereocenters. The van der Waals surface area contributed by atoms with E-state index in [0.717, 1.165) is 6.42 Å². The van der Waals surface area contributed by atoms with Gasteiger partial charge in [-0.25, -0.2) is 8.78 Å². The van der Waals surface area contributed by atoms with E-state index in [1.54, 1.807) is 0 Å². The van der Waals surface area contributed by atoms with Crippen molar-refractivity contribution in [1.29, 1.82) is 0 Å². The van der Waals surface area contributed by atoms with E-state index < -0.39 is 12.0 Å². The molecule has 1 aliphatic carbocycles. The van der Waals surface area contributed by atoms with E-state index in [1.807, 2.05) is 13.8 Å². The summed E-state index contributed by atoms with van der Waals surface area (Å²) in [5, 5.41) is 2.96. The molecule has 78 valence electrons. The van der Waals surface area contributed by atoms with Crippen molar-refractivity contribution >= 4 is 0 Å². The quantitative estimate of drug-likeness (QED) is 0.723. The van der Waals surface area contributed by atoms with E-state index in [1.165, 1.54) is 0 Å². The lowest BCUT2D eigenvalue weighted by Crippen LogP contribution is -2.48. The van der Waals surface area contributed by atoms with Crippen LogP contribution in [-0.4, -0.2) is 18.5 Å². The van der Waals surface area contributed by atoms with Crippen molar-refractivity contribution in [1.82, 2.24) is 5.32 Å². The number of rotatable bonds is 3. The third-order valence-corrected chi connectivity index (χ3v) is 2.54. The first-order valence-corrected chi connectivity index (χ1v) is 5.13. The predicted octanol–water partition coefficient (Wildman–Crippen LogP) is 2.81. The molecule has 1 aliphatic rings. The van der Waals surface area contributed by atoms with Crippen molar-refractivity contribution in [2.45, 2.75) is 51.5 Å². The van der Waals surface area contributed by atoms with Gasteiger partial charge < -0.3 is 5.32 Å². The zero-order valence-electron chi connectivity index (χ0n) is 8.45. The highest BCUT2D eigenvalue weighted by atomic mass is 19.3. The molecule has 0 aromatic rings. The SMILES string of the molecule is CC(C)CNC1CCCCC1(F)F. The van der Waals surface area contributed by atoms with Gasteiger partial charge in [-0.3, -0.25) is 0 Å². The molecule has 1 atom stereocenters. The van der Waals surface area contributed by atoms with Gasteiger partial charge >= 0.3 is 0 Å². The predicted molar refractivity (Wildman–Crippen MR) is 50.0 cm³/mol. The molecule has 1 saturated carbocycles. The minimum absolute atomic E-state index is 0.0583. The molecule has 0 radical (unpaired) electrons. The molecule has 3 heteroatoms. The molecular formula is C10H19F2N. The zero-order chi connectivity index (χ0) is 9.90. The lowest BCUT2D eigenvalue weighted by molar-refractivity contribution is -0.0640. The summed E-state index contributed by atoms with van der Waals surface area (Å²) in [6.45, 7) is 4.77. The second-order valence-electron chi connectivity index (χ2n) is 4.36. The van der Waals surface area contributed by atoms with Gasteiger partial charge in [0.1, 0.15) is 0 Å². The van der Waals surface area contributed by atoms with E-state index >= 15 is 0 Å². The molecule has 0 spiro atoms. The van der Waals surface area contributed by atoms with Crippen LogP contribution in [-0.2, 0) is 0 Å². The minimum atomic E-state index is -2.48. The Balaban J connectivity index is 2.37. The van der Waals surface area contributed by atoms with Crippen LogP contribution in [0.4, 0.5) is 8.78 Å². The molecule has 1 nitrogen and oxygen atoms in total. The van der Waals surface area contributed by atoms with Gasteiger partial charge in [0.05, 0.1) is 6.04 Å². The molecule has 0 aliphatic heterocycles. The largest absolute Gasteiger partial charge is 0.308 e. The third-order valence-electron chi connectivity index (χ3n) is 2.54. The fourth-order valence-corrected chi connectivity index (χ4v) is 1.72. The van der Waals surface area contributed by atoms with Gasteiger partial charge in [-0.15, -0.1) is 0 Å². The summed E-state index contributed by atoms with van der Waals surface area (Å²) < 4.78 is 26.5. The Bertz CT molecular complexity index is 157. The van der Waals surface area contributed by atoms with E-state index in [9.17, 15) is 8.78 Å². The fraction of sp³-hybridized carbons (Fsp3) is 1.00. The van der Waals surface area contributed by atoms with Crippen molar-refractivity contribution in [2.75, 3.05) is 6.54 Å². The summed E-state index contributed by atoms with van der Waals surface area (Å²) >= 11 is 0. The normalized spacial score (nSPS) is 27.9. The van der Waals surface area contributed by atoms with Crippen LogP contribution in [0.15, 0.2) is 0 Å². The Morgan fingerprint density at radius 1 is 1.38 bits per heavy atom. The Hall–Kier alpha value is -0.180. The van der Waals surface area contributed by atoms with Crippen LogP contribution in [0.2, 0.25) is 0 Å². The third kappa shape index (κ3) is 3.22. The Morgan fingerprint density at radius 3 is 2.62 bits per heavy atom. The molecule has 0 aromatic heterocycles. The van der Waals surface area contributed by atoms with Crippen LogP contribution in [0.3, 0.4) is 0 Å². The van der Waals surface area contributed by atoms with E-state index in [-0.39, 0.29) is 6.42 Å². The number of nitrogens with one attached hydrogen (secondary N) is 1. The Morgan fingerprint density at radius 2 is 2.08 bits per heavy atom. The Labute approximate surface area is 78.9 Å². The topological polar surface area (TPSA) is 12.0 Å². The lowest BCUT2D eigenvalue weighted by Gasteiger charge is -2.32. The summed E-state index contributed by atoms with van der Waals surface area (Å²) in [4.78, 5) is 0. The zero-order valence-corrected chi connectivity index (χ0v) is 8.45. The molecule has 0 saturated heterocycles. The molecule has 0 amide bonds. The van der Waals surface area contributed by atoms with Crippen molar-refractivity contribution in [2.24, 2.45) is 5.92 Å². The summed E-state index contributed by atoms with van der Waals surface area (Å²) in [5.74, 6) is -2.04. The van der Waals surface area contributed by atoms with Gasteiger partial charge in [0.25, 0.3) is 5.92 Å². The average molecular weight is 191 g/mol. The van der Waals surface area contributed by atoms with E-state index in [0.29, 0.717) is 25.3 Å². The average Bonchev–Trinajstić information content (AvgIpc) is 2.01. The molecule has 1 fully saturated rings. The molecule has 0 heterocycles. The van der Waals surface area contributed by atoms with E-state index in [2.05, 4.69) is 5.32 Å². The second kappa shape index (κ2) is 4.36. The maximum atomic E-state index is 13.3. The maximum absolute atomic E-state index is 13.3. The molecule has 1 rings (SSSR count). The van der Waals surface area contributed by atoms with Crippen molar-refractivity contribution in [3.63, 3.8) is 0 Å². The summed E-state index contributed by atoms with van der Waals surface area (Å²) in [6, 6.07) is -0.580. The van der Waals surface area contributed by atoms with Gasteiger partial charge in [0, 0.05) is 6.42 Å². The first kappa shape index (κ1) is 10.9. The van der Waals surface area contributed by atoms with Crippen molar-refractivity contribution in [3.05, 3.63) is 0 Å². The van der Waals surface area contributed by atoms with Crippen LogP contribution in [0.5, 0.6) is 0 Å². The van der Waals surface area contributed by atoms with Crippen LogP contribution < -0.4 is 5.32 Å². The van der Waals surface area contributed by atoms with Gasteiger partial charge in [-0.1, -0.05) is 20.3 Å². The van der Waals surface area contributed by atoms with Crippen LogP contribution in [0.1, 0.15) is 39.5 Å². The number of hydrogen-bond acceptors (Lipinski definition) is 1. The highest BCUT2D eigenvalue weighted by Crippen LogP contribution is 2.33. The van der Waals surface area contributed by atoms with Crippen LogP contribution >= 0.6 is 0 Å². The van der Waals surface area contributed by atoms with Gasteiger partial charge in [0.15, 0.2) is 0 Å². The summed E-state index contributed by atoms with van der Waals surface area (Å²) in [6.07, 6.45) is 2.29. The molecule has 0 bridgehead atoms. The fourth-order valence-electron chi connectivity index (χ4n) is 1.72. The standard InChI is InChI=1S/C10H19F2N/c1-8(2)7-13-9-5-3-4-6-10(9,11)12/h8-9,13H,3-7H2,1-2H3. The summed E-state index contributed by atoms with van der Waals surface area (Å²) in [7, 11) is 0. The van der Waals surface area contributed by atoms with Crippen molar-refractivity contribution in [3.8, 4) is 0 Å². The first-order chi connectivity index (χ1) is 6.02. The smallest absolute Gasteiger partial charge is 0.263 e. The molecule has 0 aromatic carbocycles. The van der Waals surface area contributed by atoms with Crippen LogP contribution in [0, 0.1) is 5.92 Å². The van der Waals surface area contributed by atoms with Gasteiger partial charge in [-0.2, -0.15) is 0 Å². The molecular weight excluding hydrogens is 172 g/mol. The maximum Gasteiger partial charge on any atom is 0.263 e. The van der Waals surface area contributed by atoms with Crippen LogP contribution in [0.25, 0.3) is 0 Å². The molecule has 1 N–H and O–H groups in total.